The van der Waals surface area contributed by atoms with Gasteiger partial charge in [-0.25, -0.2) is 4.79 Å². The Bertz CT molecular complexity index is 1420. The van der Waals surface area contributed by atoms with Gasteiger partial charge in [-0.05, 0) is 42.2 Å². The van der Waals surface area contributed by atoms with Crippen LogP contribution in [0.2, 0.25) is 0 Å². The maximum absolute atomic E-state index is 13.7. The molecule has 0 aliphatic rings. The Morgan fingerprint density at radius 2 is 1.68 bits per heavy atom. The topological polar surface area (TPSA) is 121 Å². The molecule has 0 saturated carbocycles. The summed E-state index contributed by atoms with van der Waals surface area (Å²) in [6, 6.07) is 22.9. The smallest absolute Gasteiger partial charge is 0.322 e. The number of ether oxygens (including phenoxy) is 1. The fourth-order valence-corrected chi connectivity index (χ4v) is 4.47. The number of carbonyl (C=O) groups excluding carboxylic acids is 2. The molecule has 1 aromatic heterocycles. The summed E-state index contributed by atoms with van der Waals surface area (Å²) in [5, 5.41) is 14.8. The van der Waals surface area contributed by atoms with Crippen LogP contribution in [0.15, 0.2) is 85.1 Å². The lowest BCUT2D eigenvalue weighted by atomic mass is 10.1. The van der Waals surface area contributed by atoms with Crippen molar-refractivity contribution >= 4 is 34.2 Å². The monoisotopic (exact) mass is 543 g/mol. The Morgan fingerprint density at radius 3 is 2.40 bits per heavy atom. The summed E-state index contributed by atoms with van der Waals surface area (Å²) in [5.41, 5.74) is 3.49. The number of nitrogens with zero attached hydrogens (tertiary/aromatic N) is 3. The summed E-state index contributed by atoms with van der Waals surface area (Å²) in [4.78, 5) is 43.8. The Kier molecular flexibility index (Phi) is 9.84. The first kappa shape index (κ1) is 28.3. The molecule has 0 unspecified atom stereocenters. The number of nitro groups is 1. The van der Waals surface area contributed by atoms with Crippen molar-refractivity contribution in [2.45, 2.75) is 19.4 Å². The number of non-ortho nitro benzene ring substituents is 1. The maximum atomic E-state index is 13.7. The van der Waals surface area contributed by atoms with Crippen LogP contribution in [0, 0.1) is 10.1 Å². The van der Waals surface area contributed by atoms with Gasteiger partial charge in [-0.2, -0.15) is 0 Å². The van der Waals surface area contributed by atoms with Crippen LogP contribution in [-0.2, 0) is 22.5 Å². The molecule has 0 aliphatic carbocycles. The van der Waals surface area contributed by atoms with E-state index in [0.717, 1.165) is 22.0 Å². The third-order valence-corrected chi connectivity index (χ3v) is 6.61. The third kappa shape index (κ3) is 7.67. The molecule has 3 amide bonds. The molecule has 0 radical (unpaired) electrons. The van der Waals surface area contributed by atoms with E-state index in [1.807, 2.05) is 54.7 Å². The number of benzene rings is 3. The van der Waals surface area contributed by atoms with Gasteiger partial charge in [0.25, 0.3) is 5.69 Å². The highest BCUT2D eigenvalue weighted by molar-refractivity contribution is 5.92. The predicted molar refractivity (Wildman–Crippen MR) is 154 cm³/mol. The molecule has 4 rings (SSSR count). The molecule has 208 valence electrons. The lowest BCUT2D eigenvalue weighted by Crippen LogP contribution is -2.45. The first-order chi connectivity index (χ1) is 19.4. The molecule has 4 aromatic rings. The van der Waals surface area contributed by atoms with Crippen molar-refractivity contribution in [3.05, 3.63) is 106 Å². The number of fused-ring (bicyclic) bond motifs is 1. The number of rotatable bonds is 13. The van der Waals surface area contributed by atoms with Crippen LogP contribution in [0.4, 0.5) is 16.2 Å². The quantitative estimate of drug-likeness (QED) is 0.136. The number of aromatic amines is 1. The lowest BCUT2D eigenvalue weighted by Gasteiger charge is -2.28. The average molecular weight is 544 g/mol. The minimum atomic E-state index is -0.501. The molecular formula is C30H33N5O5. The Morgan fingerprint density at radius 1 is 0.950 bits per heavy atom. The summed E-state index contributed by atoms with van der Waals surface area (Å²) in [7, 11) is 1.58. The van der Waals surface area contributed by atoms with E-state index < -0.39 is 11.0 Å². The van der Waals surface area contributed by atoms with Crippen LogP contribution < -0.4 is 5.32 Å². The van der Waals surface area contributed by atoms with Gasteiger partial charge < -0.3 is 24.8 Å². The predicted octanol–water partition coefficient (Wildman–Crippen LogP) is 5.22. The van der Waals surface area contributed by atoms with Gasteiger partial charge in [-0.15, -0.1) is 0 Å². The summed E-state index contributed by atoms with van der Waals surface area (Å²) in [5.74, 6) is -0.181. The molecular weight excluding hydrogens is 510 g/mol. The van der Waals surface area contributed by atoms with Crippen LogP contribution in [0.25, 0.3) is 10.9 Å². The number of nitrogens with one attached hydrogen (secondary N) is 2. The molecule has 0 bridgehead atoms. The van der Waals surface area contributed by atoms with E-state index in [1.54, 1.807) is 12.0 Å². The van der Waals surface area contributed by atoms with E-state index in [0.29, 0.717) is 44.8 Å². The van der Waals surface area contributed by atoms with Gasteiger partial charge in [0.05, 0.1) is 4.92 Å². The van der Waals surface area contributed by atoms with Crippen molar-refractivity contribution in [3.8, 4) is 0 Å². The van der Waals surface area contributed by atoms with Crippen molar-refractivity contribution in [2.24, 2.45) is 0 Å². The maximum Gasteiger partial charge on any atom is 0.322 e. The molecule has 2 N–H and O–H groups in total. The fourth-order valence-electron chi connectivity index (χ4n) is 4.47. The minimum Gasteiger partial charge on any atom is -0.385 e. The highest BCUT2D eigenvalue weighted by atomic mass is 16.6. The molecule has 0 spiro atoms. The normalized spacial score (nSPS) is 10.8. The van der Waals surface area contributed by atoms with E-state index in [1.165, 1.54) is 29.2 Å². The molecule has 10 heteroatoms. The second-order valence-electron chi connectivity index (χ2n) is 9.41. The Hall–Kier alpha value is -4.70. The molecule has 40 heavy (non-hydrogen) atoms. The number of urea groups is 1. The number of hydrogen-bond donors (Lipinski definition) is 2. The number of carbonyl (C=O) groups is 2. The summed E-state index contributed by atoms with van der Waals surface area (Å²) in [6.45, 7) is 1.51. The zero-order valence-corrected chi connectivity index (χ0v) is 22.4. The fraction of sp³-hybridized carbons (Fsp3) is 0.267. The van der Waals surface area contributed by atoms with E-state index in [4.69, 9.17) is 4.74 Å². The number of amides is 3. The van der Waals surface area contributed by atoms with Crippen molar-refractivity contribution in [3.63, 3.8) is 0 Å². The van der Waals surface area contributed by atoms with Gasteiger partial charge >= 0.3 is 6.03 Å². The molecule has 10 nitrogen and oxygen atoms in total. The van der Waals surface area contributed by atoms with Crippen molar-refractivity contribution in [1.82, 2.24) is 14.8 Å². The SMILES string of the molecule is COCCCN(CC(=O)N(CCc1c[nH]c2ccccc12)Cc1ccccc1)C(=O)Nc1ccc([N+](=O)[O-])cc1. The Balaban J connectivity index is 1.49. The molecule has 3 aromatic carbocycles. The minimum absolute atomic E-state index is 0.0723. The number of methoxy groups -OCH3 is 1. The summed E-state index contributed by atoms with van der Waals surface area (Å²) < 4.78 is 5.15. The second kappa shape index (κ2) is 13.9. The first-order valence-electron chi connectivity index (χ1n) is 13.1. The van der Waals surface area contributed by atoms with Crippen LogP contribution in [-0.4, -0.2) is 65.0 Å². The van der Waals surface area contributed by atoms with Gasteiger partial charge in [-0.1, -0.05) is 48.5 Å². The van der Waals surface area contributed by atoms with Gasteiger partial charge in [0.15, 0.2) is 0 Å². The van der Waals surface area contributed by atoms with Gasteiger partial charge in [0.2, 0.25) is 5.91 Å². The Labute approximate surface area is 232 Å². The zero-order chi connectivity index (χ0) is 28.3. The van der Waals surface area contributed by atoms with E-state index in [2.05, 4.69) is 16.4 Å². The van der Waals surface area contributed by atoms with Gasteiger partial charge in [0.1, 0.15) is 6.54 Å². The van der Waals surface area contributed by atoms with Crippen LogP contribution in [0.5, 0.6) is 0 Å². The van der Waals surface area contributed by atoms with E-state index >= 15 is 0 Å². The van der Waals surface area contributed by atoms with Crippen molar-refractivity contribution in [2.75, 3.05) is 38.7 Å². The molecule has 0 saturated heterocycles. The highest BCUT2D eigenvalue weighted by Crippen LogP contribution is 2.19. The van der Waals surface area contributed by atoms with Crippen LogP contribution in [0.1, 0.15) is 17.5 Å². The lowest BCUT2D eigenvalue weighted by molar-refractivity contribution is -0.384. The average Bonchev–Trinajstić information content (AvgIpc) is 3.38. The second-order valence-corrected chi connectivity index (χ2v) is 9.41. The summed E-state index contributed by atoms with van der Waals surface area (Å²) in [6.07, 6.45) is 3.18. The standard InChI is InChI=1S/C30H33N5O5/c1-40-19-7-17-34(30(37)32-25-12-14-26(15-13-25)35(38)39)22-29(36)33(21-23-8-3-2-4-9-23)18-16-24-20-31-28-11-6-5-10-27(24)28/h2-6,8-15,20,31H,7,16-19,21-22H2,1H3,(H,32,37). The van der Waals surface area contributed by atoms with Crippen LogP contribution in [0.3, 0.4) is 0 Å². The van der Waals surface area contributed by atoms with Crippen molar-refractivity contribution < 1.29 is 19.2 Å². The van der Waals surface area contributed by atoms with Gasteiger partial charge in [0, 0.05) is 68.3 Å². The molecule has 0 fully saturated rings. The first-order valence-corrected chi connectivity index (χ1v) is 13.1. The summed E-state index contributed by atoms with van der Waals surface area (Å²) >= 11 is 0. The van der Waals surface area contributed by atoms with Crippen LogP contribution >= 0.6 is 0 Å². The van der Waals surface area contributed by atoms with E-state index in [9.17, 15) is 19.7 Å². The number of H-pyrrole nitrogens is 1. The largest absolute Gasteiger partial charge is 0.385 e. The zero-order valence-electron chi connectivity index (χ0n) is 22.4. The number of hydrogen-bond acceptors (Lipinski definition) is 5. The van der Waals surface area contributed by atoms with Gasteiger partial charge in [-0.3, -0.25) is 14.9 Å². The van der Waals surface area contributed by atoms with E-state index in [-0.39, 0.29) is 18.1 Å². The third-order valence-electron chi connectivity index (χ3n) is 6.61. The van der Waals surface area contributed by atoms with Crippen molar-refractivity contribution in [1.29, 1.82) is 0 Å². The number of anilines is 1. The molecule has 0 aliphatic heterocycles. The molecule has 0 atom stereocenters. The number of para-hydroxylation sites is 1. The number of aromatic nitrogens is 1. The number of nitro benzene ring substituents is 1. The highest BCUT2D eigenvalue weighted by Gasteiger charge is 2.22. The molecule has 1 heterocycles.